The van der Waals surface area contributed by atoms with Gasteiger partial charge in [-0.3, -0.25) is 4.90 Å². The minimum atomic E-state index is 0.290. The Hall–Kier alpha value is -0.120. The maximum absolute atomic E-state index is 6.33. The van der Waals surface area contributed by atoms with Gasteiger partial charge in [-0.25, -0.2) is 0 Å². The normalized spacial score (nSPS) is 36.9. The van der Waals surface area contributed by atoms with Gasteiger partial charge in [-0.1, -0.05) is 33.6 Å². The van der Waals surface area contributed by atoms with Crippen LogP contribution in [0, 0.1) is 11.8 Å². The maximum atomic E-state index is 6.33. The third-order valence-corrected chi connectivity index (χ3v) is 6.44. The van der Waals surface area contributed by atoms with Gasteiger partial charge in [0.2, 0.25) is 0 Å². The van der Waals surface area contributed by atoms with Crippen LogP contribution in [0.1, 0.15) is 59.3 Å². The number of piperazine rings is 1. The van der Waals surface area contributed by atoms with Gasteiger partial charge in [0.1, 0.15) is 0 Å². The lowest BCUT2D eigenvalue weighted by atomic mass is 9.84. The van der Waals surface area contributed by atoms with Gasteiger partial charge in [0.15, 0.2) is 0 Å². The second kappa shape index (κ2) is 7.43. The Morgan fingerprint density at radius 2 is 1.95 bits per heavy atom. The van der Waals surface area contributed by atoms with E-state index in [1.165, 1.54) is 58.2 Å². The number of hydrogen-bond acceptors (Lipinski definition) is 3. The topological polar surface area (TPSA) is 32.5 Å². The van der Waals surface area contributed by atoms with Crippen molar-refractivity contribution in [3.63, 3.8) is 0 Å². The van der Waals surface area contributed by atoms with E-state index >= 15 is 0 Å². The molecule has 1 aliphatic heterocycles. The van der Waals surface area contributed by atoms with Crippen molar-refractivity contribution in [2.75, 3.05) is 33.2 Å². The summed E-state index contributed by atoms with van der Waals surface area (Å²) in [7, 11) is 2.28. The summed E-state index contributed by atoms with van der Waals surface area (Å²) in [4.78, 5) is 5.30. The molecule has 0 aromatic carbocycles. The number of nitrogens with two attached hydrogens (primary N) is 1. The van der Waals surface area contributed by atoms with Crippen molar-refractivity contribution >= 4 is 0 Å². The van der Waals surface area contributed by atoms with Crippen LogP contribution in [0.15, 0.2) is 0 Å². The van der Waals surface area contributed by atoms with E-state index in [4.69, 9.17) is 5.73 Å². The van der Waals surface area contributed by atoms with Gasteiger partial charge < -0.3 is 10.6 Å². The van der Waals surface area contributed by atoms with Crippen molar-refractivity contribution in [1.82, 2.24) is 9.80 Å². The molecule has 3 unspecified atom stereocenters. The van der Waals surface area contributed by atoms with Crippen molar-refractivity contribution in [2.45, 2.75) is 70.9 Å². The van der Waals surface area contributed by atoms with Crippen molar-refractivity contribution in [3.8, 4) is 0 Å². The van der Waals surface area contributed by atoms with E-state index in [1.54, 1.807) is 0 Å². The average molecular weight is 296 g/mol. The average Bonchev–Trinajstić information content (AvgIpc) is 2.71. The minimum Gasteiger partial charge on any atom is -0.329 e. The van der Waals surface area contributed by atoms with Crippen LogP contribution in [0.4, 0.5) is 0 Å². The highest BCUT2D eigenvalue weighted by atomic mass is 15.3. The smallest absolute Gasteiger partial charge is 0.0333 e. The van der Waals surface area contributed by atoms with Gasteiger partial charge in [-0.2, -0.15) is 0 Å². The number of likely N-dealkylation sites (N-methyl/N-ethyl adjacent to an activating group) is 1. The first-order valence-electron chi connectivity index (χ1n) is 9.17. The van der Waals surface area contributed by atoms with E-state index in [2.05, 4.69) is 37.6 Å². The zero-order chi connectivity index (χ0) is 15.5. The second-order valence-corrected chi connectivity index (χ2v) is 7.85. The van der Waals surface area contributed by atoms with E-state index < -0.39 is 0 Å². The summed E-state index contributed by atoms with van der Waals surface area (Å²) in [6, 6.07) is 0.714. The zero-order valence-electron chi connectivity index (χ0n) is 14.8. The lowest BCUT2D eigenvalue weighted by Gasteiger charge is -2.49. The van der Waals surface area contributed by atoms with Crippen LogP contribution in [0.5, 0.6) is 0 Å². The molecule has 0 bridgehead atoms. The molecule has 2 N–H and O–H groups in total. The van der Waals surface area contributed by atoms with Gasteiger partial charge in [-0.15, -0.1) is 0 Å². The van der Waals surface area contributed by atoms with E-state index in [1.807, 2.05) is 0 Å². The molecule has 1 saturated carbocycles. The molecular weight excluding hydrogens is 258 g/mol. The fourth-order valence-corrected chi connectivity index (χ4v) is 4.55. The summed E-state index contributed by atoms with van der Waals surface area (Å²) < 4.78 is 0. The van der Waals surface area contributed by atoms with Crippen molar-refractivity contribution < 1.29 is 0 Å². The third kappa shape index (κ3) is 3.80. The summed E-state index contributed by atoms with van der Waals surface area (Å²) in [6.45, 7) is 11.6. The van der Waals surface area contributed by atoms with Crippen molar-refractivity contribution in [3.05, 3.63) is 0 Å². The third-order valence-electron chi connectivity index (χ3n) is 6.44. The lowest BCUT2D eigenvalue weighted by Crippen LogP contribution is -2.62. The molecule has 0 aromatic rings. The van der Waals surface area contributed by atoms with Crippen LogP contribution in [0.2, 0.25) is 0 Å². The summed E-state index contributed by atoms with van der Waals surface area (Å²) in [6.07, 6.45) is 8.02. The van der Waals surface area contributed by atoms with Crippen LogP contribution in [0.25, 0.3) is 0 Å². The van der Waals surface area contributed by atoms with Gasteiger partial charge in [0.05, 0.1) is 0 Å². The van der Waals surface area contributed by atoms with Gasteiger partial charge >= 0.3 is 0 Å². The van der Waals surface area contributed by atoms with Crippen LogP contribution in [-0.4, -0.2) is 54.6 Å². The van der Waals surface area contributed by atoms with Crippen LogP contribution in [-0.2, 0) is 0 Å². The maximum Gasteiger partial charge on any atom is 0.0333 e. The first-order valence-corrected chi connectivity index (χ1v) is 9.17. The van der Waals surface area contributed by atoms with Crippen molar-refractivity contribution in [1.29, 1.82) is 0 Å². The summed E-state index contributed by atoms with van der Waals surface area (Å²) in [5, 5.41) is 0. The Morgan fingerprint density at radius 3 is 2.57 bits per heavy atom. The van der Waals surface area contributed by atoms with E-state index in [0.29, 0.717) is 6.04 Å². The molecule has 124 valence electrons. The van der Waals surface area contributed by atoms with Gasteiger partial charge in [0.25, 0.3) is 0 Å². The summed E-state index contributed by atoms with van der Waals surface area (Å²) in [5.41, 5.74) is 6.62. The largest absolute Gasteiger partial charge is 0.329 e. The van der Waals surface area contributed by atoms with E-state index in [9.17, 15) is 0 Å². The highest BCUT2D eigenvalue weighted by molar-refractivity contribution is 4.97. The molecule has 3 nitrogen and oxygen atoms in total. The Bertz CT molecular complexity index is 318. The molecule has 2 fully saturated rings. The number of hydrogen-bond donors (Lipinski definition) is 1. The first-order chi connectivity index (χ1) is 10.0. The fourth-order valence-electron chi connectivity index (χ4n) is 4.55. The highest BCUT2D eigenvalue weighted by Crippen LogP contribution is 2.38. The first kappa shape index (κ1) is 17.2. The van der Waals surface area contributed by atoms with Gasteiger partial charge in [-0.05, 0) is 44.6 Å². The minimum absolute atomic E-state index is 0.290. The van der Waals surface area contributed by atoms with Crippen LogP contribution < -0.4 is 5.73 Å². The molecule has 1 aliphatic carbocycles. The molecule has 3 heteroatoms. The van der Waals surface area contributed by atoms with Crippen LogP contribution >= 0.6 is 0 Å². The van der Waals surface area contributed by atoms with Gasteiger partial charge in [0, 0.05) is 37.8 Å². The molecular formula is C18H37N3. The number of nitrogens with zero attached hydrogens (tertiary/aromatic N) is 2. The molecule has 0 amide bonds. The molecule has 21 heavy (non-hydrogen) atoms. The highest BCUT2D eigenvalue weighted by Gasteiger charge is 2.40. The molecule has 2 aliphatic rings. The molecule has 0 radical (unpaired) electrons. The lowest BCUT2D eigenvalue weighted by molar-refractivity contribution is 0.00291. The molecule has 2 rings (SSSR count). The Labute approximate surface area is 132 Å². The molecule has 0 aromatic heterocycles. The Morgan fingerprint density at radius 1 is 1.19 bits per heavy atom. The monoisotopic (exact) mass is 295 g/mol. The Kier molecular flexibility index (Phi) is 6.10. The SMILES string of the molecule is CCC1CN(C2(CN)CCCC(C(C)C)CC2)CCN1C. The standard InChI is InChI=1S/C18H37N3/c1-5-17-13-21(12-11-20(17)4)18(14-19)9-6-7-16(8-10-18)15(2)3/h15-17H,5-14,19H2,1-4H3. The Balaban J connectivity index is 2.06. The predicted octanol–water partition coefficient (Wildman–Crippen LogP) is 2.95. The molecule has 1 saturated heterocycles. The number of rotatable bonds is 4. The molecule has 0 spiro atoms. The van der Waals surface area contributed by atoms with E-state index in [-0.39, 0.29) is 5.54 Å². The van der Waals surface area contributed by atoms with Crippen molar-refractivity contribution in [2.24, 2.45) is 17.6 Å². The predicted molar refractivity (Wildman–Crippen MR) is 91.5 cm³/mol. The second-order valence-electron chi connectivity index (χ2n) is 7.85. The quantitative estimate of drug-likeness (QED) is 0.809. The zero-order valence-corrected chi connectivity index (χ0v) is 14.8. The molecule has 1 heterocycles. The summed E-state index contributed by atoms with van der Waals surface area (Å²) in [5.74, 6) is 1.74. The van der Waals surface area contributed by atoms with Crippen LogP contribution in [0.3, 0.4) is 0 Å². The van der Waals surface area contributed by atoms with E-state index in [0.717, 1.165) is 18.4 Å². The summed E-state index contributed by atoms with van der Waals surface area (Å²) >= 11 is 0. The fraction of sp³-hybridized carbons (Fsp3) is 1.00. The molecule has 3 atom stereocenters.